The molecule has 0 unspecified atom stereocenters. The molecule has 1 fully saturated rings. The summed E-state index contributed by atoms with van der Waals surface area (Å²) in [5, 5.41) is 10.2. The van der Waals surface area contributed by atoms with Gasteiger partial charge < -0.3 is 19.5 Å². The van der Waals surface area contributed by atoms with Crippen LogP contribution in [-0.4, -0.2) is 59.9 Å². The lowest BCUT2D eigenvalue weighted by Gasteiger charge is -2.34. The van der Waals surface area contributed by atoms with Crippen LogP contribution in [0.1, 0.15) is 51.0 Å². The van der Waals surface area contributed by atoms with Crippen molar-refractivity contribution in [2.24, 2.45) is 0 Å². The average molecular weight is 489 g/mol. The Morgan fingerprint density at radius 1 is 1.29 bits per heavy atom. The van der Waals surface area contributed by atoms with Crippen molar-refractivity contribution in [3.8, 4) is 11.8 Å². The lowest BCUT2D eigenvalue weighted by molar-refractivity contribution is 0.0839. The number of carbonyl (C=O) groups is 1. The van der Waals surface area contributed by atoms with Gasteiger partial charge in [0.1, 0.15) is 23.5 Å². The van der Waals surface area contributed by atoms with Gasteiger partial charge in [0.25, 0.3) is 0 Å². The summed E-state index contributed by atoms with van der Waals surface area (Å²) in [4.78, 5) is 19.9. The monoisotopic (exact) mass is 488 g/mol. The third-order valence-electron chi connectivity index (χ3n) is 5.17. The highest BCUT2D eigenvalue weighted by Gasteiger charge is 2.23. The van der Waals surface area contributed by atoms with Crippen molar-refractivity contribution in [3.05, 3.63) is 40.1 Å². The quantitative estimate of drug-likeness (QED) is 0.336. The number of fused-ring (bicyclic) bond motifs is 1. The Bertz CT molecular complexity index is 964. The van der Waals surface area contributed by atoms with E-state index in [1.807, 2.05) is 32.0 Å². The molecule has 3 rings (SSSR count). The highest BCUT2D eigenvalue weighted by atomic mass is 79.9. The fourth-order valence-electron chi connectivity index (χ4n) is 3.58. The normalized spacial score (nSPS) is 15.4. The van der Waals surface area contributed by atoms with Gasteiger partial charge in [0.15, 0.2) is 0 Å². The lowest BCUT2D eigenvalue weighted by Crippen LogP contribution is -2.41. The maximum absolute atomic E-state index is 12.7. The first kappa shape index (κ1) is 25.0. The van der Waals surface area contributed by atoms with Crippen LogP contribution in [0.2, 0.25) is 0 Å². The number of aromatic nitrogens is 1. The van der Waals surface area contributed by atoms with E-state index in [-0.39, 0.29) is 17.5 Å². The van der Waals surface area contributed by atoms with E-state index in [9.17, 15) is 10.1 Å². The van der Waals surface area contributed by atoms with E-state index in [0.717, 1.165) is 47.1 Å². The molecule has 1 aliphatic heterocycles. The molecule has 7 heteroatoms. The van der Waals surface area contributed by atoms with Gasteiger partial charge in [-0.2, -0.15) is 5.26 Å². The van der Waals surface area contributed by atoms with Crippen LogP contribution in [0.25, 0.3) is 10.9 Å². The fraction of sp³-hybridized carbons (Fsp3) is 0.500. The van der Waals surface area contributed by atoms with Gasteiger partial charge in [0.05, 0.1) is 10.2 Å². The number of ketones is 1. The summed E-state index contributed by atoms with van der Waals surface area (Å²) >= 11 is 3.59. The topological polar surface area (TPSA) is 72.4 Å². The summed E-state index contributed by atoms with van der Waals surface area (Å²) in [7, 11) is 3.56. The number of carbonyl (C=O) groups excluding carboxylic acids is 1. The minimum Gasteiger partial charge on any atom is -0.489 e. The Labute approximate surface area is 194 Å². The van der Waals surface area contributed by atoms with Crippen molar-refractivity contribution in [1.82, 2.24) is 14.8 Å². The Hall–Kier alpha value is -2.30. The van der Waals surface area contributed by atoms with Crippen LogP contribution in [0.5, 0.6) is 5.75 Å². The number of rotatable bonds is 6. The maximum Gasteiger partial charge on any atom is 0.221 e. The Morgan fingerprint density at radius 2 is 1.94 bits per heavy atom. The van der Waals surface area contributed by atoms with Gasteiger partial charge in [-0.3, -0.25) is 4.79 Å². The molecule has 2 aromatic rings. The first-order valence-electron chi connectivity index (χ1n) is 10.8. The third kappa shape index (κ3) is 6.34. The van der Waals surface area contributed by atoms with Crippen LogP contribution in [-0.2, 0) is 0 Å². The van der Waals surface area contributed by atoms with Gasteiger partial charge in [-0.15, -0.1) is 0 Å². The second-order valence-corrected chi connectivity index (χ2v) is 8.80. The Kier molecular flexibility index (Phi) is 9.15. The number of Topliss-reactive ketones (excluding diaryl/α,β-unsaturated/α-hetero) is 1. The molecule has 0 amide bonds. The summed E-state index contributed by atoms with van der Waals surface area (Å²) in [5.74, 6) is 0.458. The number of halogens is 1. The van der Waals surface area contributed by atoms with E-state index in [1.165, 1.54) is 6.20 Å². The number of ether oxygens (including phenoxy) is 1. The number of benzene rings is 1. The Morgan fingerprint density at radius 3 is 2.48 bits per heavy atom. The second kappa shape index (κ2) is 11.4. The first-order valence-corrected chi connectivity index (χ1v) is 11.6. The van der Waals surface area contributed by atoms with Gasteiger partial charge in [0, 0.05) is 50.3 Å². The molecule has 0 aliphatic carbocycles. The summed E-state index contributed by atoms with van der Waals surface area (Å²) in [6.07, 6.45) is 3.72. The van der Waals surface area contributed by atoms with E-state index >= 15 is 0 Å². The predicted octanol–water partition coefficient (Wildman–Crippen LogP) is 5.36. The van der Waals surface area contributed by atoms with E-state index in [2.05, 4.69) is 39.7 Å². The van der Waals surface area contributed by atoms with Gasteiger partial charge in [-0.1, -0.05) is 13.8 Å². The molecule has 1 aliphatic rings. The minimum atomic E-state index is -0.322. The number of aromatic amines is 1. The number of nitriles is 1. The van der Waals surface area contributed by atoms with Gasteiger partial charge in [-0.25, -0.2) is 0 Å². The number of hydrogen-bond donors (Lipinski definition) is 1. The molecular formula is C24H33BrN4O2. The smallest absolute Gasteiger partial charge is 0.221 e. The van der Waals surface area contributed by atoms with Crippen molar-refractivity contribution in [2.75, 3.05) is 27.2 Å². The highest BCUT2D eigenvalue weighted by Crippen LogP contribution is 2.33. The summed E-state index contributed by atoms with van der Waals surface area (Å²) < 4.78 is 7.12. The van der Waals surface area contributed by atoms with Crippen LogP contribution in [0.4, 0.5) is 0 Å². The second-order valence-electron chi connectivity index (χ2n) is 7.95. The van der Waals surface area contributed by atoms with E-state index < -0.39 is 0 Å². The molecular weight excluding hydrogens is 456 g/mol. The molecule has 0 saturated carbocycles. The molecule has 1 aromatic heterocycles. The molecule has 1 N–H and O–H groups in total. The number of H-pyrrole nitrogens is 1. The molecule has 1 saturated heterocycles. The summed E-state index contributed by atoms with van der Waals surface area (Å²) in [5.41, 5.74) is 1.31. The zero-order chi connectivity index (χ0) is 23.1. The van der Waals surface area contributed by atoms with E-state index in [0.29, 0.717) is 11.7 Å². The van der Waals surface area contributed by atoms with Crippen LogP contribution < -0.4 is 4.74 Å². The molecule has 168 valence electrons. The fourth-order valence-corrected chi connectivity index (χ4v) is 4.01. The molecule has 6 nitrogen and oxygen atoms in total. The third-order valence-corrected chi connectivity index (χ3v) is 5.79. The maximum atomic E-state index is 12.7. The molecule has 0 bridgehead atoms. The molecule has 0 spiro atoms. The number of likely N-dealkylation sites (tertiary alicyclic amines) is 1. The van der Waals surface area contributed by atoms with Crippen LogP contribution in [0.3, 0.4) is 0 Å². The van der Waals surface area contributed by atoms with Crippen LogP contribution in [0, 0.1) is 11.3 Å². The first-order chi connectivity index (χ1) is 14.8. The Balaban J connectivity index is 0.00000166. The van der Waals surface area contributed by atoms with Crippen molar-refractivity contribution in [3.63, 3.8) is 0 Å². The van der Waals surface area contributed by atoms with Crippen molar-refractivity contribution in [2.45, 2.75) is 52.7 Å². The lowest BCUT2D eigenvalue weighted by atomic mass is 10.1. The molecule has 31 heavy (non-hydrogen) atoms. The number of nitrogens with zero attached hydrogens (tertiary/aromatic N) is 3. The summed E-state index contributed by atoms with van der Waals surface area (Å²) in [6, 6.07) is 8.19. The SMILES string of the molecule is CC.CC(C)N1CCC(Oc2cc3cc(C(=O)/C(C#N)=C/N(C)C)[nH]c3cc2Br)CC1. The average Bonchev–Trinajstić information content (AvgIpc) is 3.16. The highest BCUT2D eigenvalue weighted by molar-refractivity contribution is 9.10. The largest absolute Gasteiger partial charge is 0.489 e. The van der Waals surface area contributed by atoms with Crippen LogP contribution >= 0.6 is 15.9 Å². The molecule has 0 atom stereocenters. The number of piperidine rings is 1. The van der Waals surface area contributed by atoms with E-state index in [1.54, 1.807) is 25.1 Å². The zero-order valence-electron chi connectivity index (χ0n) is 19.3. The number of allylic oxidation sites excluding steroid dienone is 1. The predicted molar refractivity (Wildman–Crippen MR) is 129 cm³/mol. The molecule has 0 radical (unpaired) electrons. The van der Waals surface area contributed by atoms with Crippen molar-refractivity contribution >= 4 is 32.6 Å². The minimum absolute atomic E-state index is 0.0917. The zero-order valence-corrected chi connectivity index (χ0v) is 20.9. The number of hydrogen-bond acceptors (Lipinski definition) is 5. The van der Waals surface area contributed by atoms with Crippen molar-refractivity contribution in [1.29, 1.82) is 5.26 Å². The van der Waals surface area contributed by atoms with Gasteiger partial charge >= 0.3 is 0 Å². The molecule has 1 aromatic carbocycles. The van der Waals surface area contributed by atoms with Crippen LogP contribution in [0.15, 0.2) is 34.4 Å². The van der Waals surface area contributed by atoms with E-state index in [4.69, 9.17) is 4.74 Å². The standard InChI is InChI=1S/C22H27BrN4O2.C2H6/c1-14(2)27-7-5-17(6-8-27)29-21-10-15-9-20(25-19(15)11-18(21)23)22(28)16(12-24)13-26(3)4;1-2/h9-11,13-14,17,25H,5-8H2,1-4H3;1-2H3/b16-13+;. The molecule has 2 heterocycles. The number of nitrogens with one attached hydrogen (secondary N) is 1. The van der Waals surface area contributed by atoms with Crippen molar-refractivity contribution < 1.29 is 9.53 Å². The van der Waals surface area contributed by atoms with Gasteiger partial charge in [-0.05, 0) is 60.8 Å². The van der Waals surface area contributed by atoms with Gasteiger partial charge in [0.2, 0.25) is 5.78 Å². The summed E-state index contributed by atoms with van der Waals surface area (Å²) in [6.45, 7) is 10.5.